The molecule has 2 rings (SSSR count). The molecule has 0 saturated carbocycles. The topological polar surface area (TPSA) is 62.5 Å². The molecule has 2 atom stereocenters. The van der Waals surface area contributed by atoms with E-state index in [1.165, 1.54) is 11.3 Å². The van der Waals surface area contributed by atoms with Gasteiger partial charge in [0.2, 0.25) is 0 Å². The highest BCUT2D eigenvalue weighted by molar-refractivity contribution is 7.09. The van der Waals surface area contributed by atoms with Gasteiger partial charge in [-0.3, -0.25) is 9.79 Å². The molecule has 0 aromatic carbocycles. The average Bonchev–Trinajstić information content (AvgIpc) is 2.82. The number of carbonyl (C=O) groups is 1. The molecule has 1 aliphatic heterocycles. The molecule has 0 spiro atoms. The Labute approximate surface area is 97.4 Å². The smallest absolute Gasteiger partial charge is 0.322 e. The SMILES string of the molecule is CCC1N=CC=CC1(C(=O)O)c1nccs1. The van der Waals surface area contributed by atoms with Crippen LogP contribution in [0.2, 0.25) is 0 Å². The molecule has 4 nitrogen and oxygen atoms in total. The van der Waals surface area contributed by atoms with Gasteiger partial charge >= 0.3 is 5.97 Å². The number of allylic oxidation sites excluding steroid dienone is 1. The number of hydrogen-bond acceptors (Lipinski definition) is 4. The van der Waals surface area contributed by atoms with Crippen LogP contribution in [0.4, 0.5) is 0 Å². The molecule has 0 saturated heterocycles. The van der Waals surface area contributed by atoms with Crippen LogP contribution in [0.15, 0.2) is 28.7 Å². The van der Waals surface area contributed by atoms with Crippen molar-refractivity contribution in [3.63, 3.8) is 0 Å². The summed E-state index contributed by atoms with van der Waals surface area (Å²) < 4.78 is 0. The zero-order valence-electron chi connectivity index (χ0n) is 8.83. The van der Waals surface area contributed by atoms with Crippen LogP contribution < -0.4 is 0 Å². The Kier molecular flexibility index (Phi) is 2.87. The Morgan fingerprint density at radius 1 is 1.69 bits per heavy atom. The van der Waals surface area contributed by atoms with Crippen LogP contribution in [-0.4, -0.2) is 28.3 Å². The molecule has 0 bridgehead atoms. The normalized spacial score (nSPS) is 28.2. The molecule has 1 aliphatic rings. The maximum atomic E-state index is 11.6. The summed E-state index contributed by atoms with van der Waals surface area (Å²) in [6.07, 6.45) is 7.33. The molecule has 1 aromatic rings. The monoisotopic (exact) mass is 236 g/mol. The Hall–Kier alpha value is -1.49. The molecule has 16 heavy (non-hydrogen) atoms. The first kappa shape index (κ1) is 11.0. The molecule has 5 heteroatoms. The van der Waals surface area contributed by atoms with E-state index in [4.69, 9.17) is 0 Å². The number of nitrogens with zero attached hydrogens (tertiary/aromatic N) is 2. The predicted octanol–water partition coefficient (Wildman–Crippen LogP) is 1.88. The number of aromatic nitrogens is 1. The van der Waals surface area contributed by atoms with Gasteiger partial charge < -0.3 is 5.11 Å². The van der Waals surface area contributed by atoms with Crippen LogP contribution in [-0.2, 0) is 10.2 Å². The predicted molar refractivity (Wildman–Crippen MR) is 63.1 cm³/mol. The van der Waals surface area contributed by atoms with E-state index in [-0.39, 0.29) is 6.04 Å². The van der Waals surface area contributed by atoms with E-state index in [1.54, 1.807) is 29.9 Å². The summed E-state index contributed by atoms with van der Waals surface area (Å²) in [5, 5.41) is 11.9. The second-order valence-electron chi connectivity index (χ2n) is 3.59. The Bertz CT molecular complexity index is 439. The molecule has 0 amide bonds. The van der Waals surface area contributed by atoms with E-state index in [2.05, 4.69) is 9.98 Å². The number of carboxylic acids is 1. The van der Waals surface area contributed by atoms with E-state index < -0.39 is 11.4 Å². The fourth-order valence-corrected chi connectivity index (χ4v) is 2.81. The summed E-state index contributed by atoms with van der Waals surface area (Å²) in [6.45, 7) is 1.94. The standard InChI is InChI=1S/C11H12N2O2S/c1-2-8-11(10(14)15,4-3-5-12-8)9-13-6-7-16-9/h3-8H,2H2,1H3,(H,14,15). The highest BCUT2D eigenvalue weighted by atomic mass is 32.1. The lowest BCUT2D eigenvalue weighted by atomic mass is 9.78. The highest BCUT2D eigenvalue weighted by Gasteiger charge is 2.47. The van der Waals surface area contributed by atoms with Crippen molar-refractivity contribution < 1.29 is 9.90 Å². The number of hydrogen-bond donors (Lipinski definition) is 1. The van der Waals surface area contributed by atoms with Gasteiger partial charge in [-0.05, 0) is 12.5 Å². The highest BCUT2D eigenvalue weighted by Crippen LogP contribution is 2.36. The fraction of sp³-hybridized carbons (Fsp3) is 0.364. The first-order valence-corrected chi connectivity index (χ1v) is 5.94. The van der Waals surface area contributed by atoms with E-state index in [9.17, 15) is 9.90 Å². The molecule has 84 valence electrons. The van der Waals surface area contributed by atoms with Crippen molar-refractivity contribution in [1.29, 1.82) is 0 Å². The van der Waals surface area contributed by atoms with Crippen LogP contribution in [0, 0.1) is 0 Å². The van der Waals surface area contributed by atoms with Gasteiger partial charge in [-0.2, -0.15) is 0 Å². The van der Waals surface area contributed by atoms with Gasteiger partial charge in [-0.1, -0.05) is 13.0 Å². The summed E-state index contributed by atoms with van der Waals surface area (Å²) in [6, 6.07) is -0.277. The number of aliphatic imine (C=N–C) groups is 1. The minimum Gasteiger partial charge on any atom is -0.480 e. The van der Waals surface area contributed by atoms with Gasteiger partial charge in [-0.15, -0.1) is 11.3 Å². The summed E-state index contributed by atoms with van der Waals surface area (Å²) in [7, 11) is 0. The number of thiazole rings is 1. The Morgan fingerprint density at radius 2 is 2.50 bits per heavy atom. The van der Waals surface area contributed by atoms with Gasteiger partial charge in [0, 0.05) is 17.8 Å². The van der Waals surface area contributed by atoms with Crippen molar-refractivity contribution in [2.24, 2.45) is 4.99 Å². The van der Waals surface area contributed by atoms with Gasteiger partial charge in [0.25, 0.3) is 0 Å². The van der Waals surface area contributed by atoms with E-state index in [0.29, 0.717) is 11.4 Å². The van der Waals surface area contributed by atoms with Crippen LogP contribution in [0.5, 0.6) is 0 Å². The van der Waals surface area contributed by atoms with Gasteiger partial charge in [-0.25, -0.2) is 4.98 Å². The van der Waals surface area contributed by atoms with Crippen molar-refractivity contribution in [3.8, 4) is 0 Å². The van der Waals surface area contributed by atoms with Crippen LogP contribution in [0.1, 0.15) is 18.4 Å². The zero-order valence-corrected chi connectivity index (χ0v) is 9.65. The van der Waals surface area contributed by atoms with Crippen molar-refractivity contribution in [2.75, 3.05) is 0 Å². The summed E-state index contributed by atoms with van der Waals surface area (Å²) in [5.74, 6) is -0.887. The third kappa shape index (κ3) is 1.48. The van der Waals surface area contributed by atoms with Gasteiger partial charge in [0.05, 0.1) is 6.04 Å². The average molecular weight is 236 g/mol. The number of dihydropyridines is 1. The Balaban J connectivity index is 2.55. The van der Waals surface area contributed by atoms with E-state index in [0.717, 1.165) is 0 Å². The van der Waals surface area contributed by atoms with E-state index in [1.807, 2.05) is 6.92 Å². The van der Waals surface area contributed by atoms with Crippen molar-refractivity contribution in [2.45, 2.75) is 24.8 Å². The molecular formula is C11H12N2O2S. The first-order chi connectivity index (χ1) is 7.71. The number of rotatable bonds is 3. The van der Waals surface area contributed by atoms with Gasteiger partial charge in [0.15, 0.2) is 5.41 Å². The van der Waals surface area contributed by atoms with Crippen LogP contribution >= 0.6 is 11.3 Å². The maximum absolute atomic E-state index is 11.6. The van der Waals surface area contributed by atoms with Crippen LogP contribution in [0.25, 0.3) is 0 Å². The quantitative estimate of drug-likeness (QED) is 0.871. The molecule has 1 aromatic heterocycles. The minimum absolute atomic E-state index is 0.277. The third-order valence-electron chi connectivity index (χ3n) is 2.76. The Morgan fingerprint density at radius 3 is 3.06 bits per heavy atom. The second-order valence-corrected chi connectivity index (χ2v) is 4.49. The summed E-state index contributed by atoms with van der Waals surface area (Å²) in [5.41, 5.74) is -1.09. The lowest BCUT2D eigenvalue weighted by molar-refractivity contribution is -0.142. The van der Waals surface area contributed by atoms with Crippen molar-refractivity contribution in [1.82, 2.24) is 4.98 Å². The fourth-order valence-electron chi connectivity index (χ4n) is 1.95. The molecular weight excluding hydrogens is 224 g/mol. The van der Waals surface area contributed by atoms with Crippen LogP contribution in [0.3, 0.4) is 0 Å². The lowest BCUT2D eigenvalue weighted by Crippen LogP contribution is -2.45. The largest absolute Gasteiger partial charge is 0.480 e. The number of carboxylic acid groups (broad SMARTS) is 1. The molecule has 2 heterocycles. The van der Waals surface area contributed by atoms with E-state index >= 15 is 0 Å². The van der Waals surface area contributed by atoms with Crippen molar-refractivity contribution >= 4 is 23.5 Å². The lowest BCUT2D eigenvalue weighted by Gasteiger charge is -2.31. The molecule has 0 radical (unpaired) electrons. The molecule has 0 aliphatic carbocycles. The molecule has 0 fully saturated rings. The zero-order chi connectivity index (χ0) is 11.6. The summed E-state index contributed by atoms with van der Waals surface area (Å²) >= 11 is 1.36. The molecule has 1 N–H and O–H groups in total. The maximum Gasteiger partial charge on any atom is 0.322 e. The first-order valence-electron chi connectivity index (χ1n) is 5.06. The number of aliphatic carboxylic acids is 1. The van der Waals surface area contributed by atoms with Gasteiger partial charge in [0.1, 0.15) is 5.01 Å². The summed E-state index contributed by atoms with van der Waals surface area (Å²) in [4.78, 5) is 20.0. The second kappa shape index (κ2) is 4.17. The minimum atomic E-state index is -1.09. The third-order valence-corrected chi connectivity index (χ3v) is 3.69. The van der Waals surface area contributed by atoms with Crippen molar-refractivity contribution in [3.05, 3.63) is 28.7 Å². The molecule has 2 unspecified atom stereocenters.